The molecule has 7 nitrogen and oxygen atoms in total. The second-order valence-corrected chi connectivity index (χ2v) is 5.66. The summed E-state index contributed by atoms with van der Waals surface area (Å²) in [6.45, 7) is 4.76. The molecule has 1 aromatic rings. The Hall–Kier alpha value is -2.22. The van der Waals surface area contributed by atoms with E-state index in [2.05, 4.69) is 4.98 Å². The number of aliphatic carboxylic acids is 2. The van der Waals surface area contributed by atoms with E-state index in [0.29, 0.717) is 6.07 Å². The van der Waals surface area contributed by atoms with Crippen molar-refractivity contribution in [3.63, 3.8) is 0 Å². The standard InChI is InChI=1S/C13H13ClFNO6/c1-13(2,3)22-12(21)5-4-6(15)8(16-9(5)14)7(10(17)18)11(19)20/h4,7H,1-3H3,(H,17,18)(H,19,20). The van der Waals surface area contributed by atoms with Crippen molar-refractivity contribution in [1.82, 2.24) is 4.98 Å². The maximum atomic E-state index is 13.9. The number of rotatable bonds is 4. The summed E-state index contributed by atoms with van der Waals surface area (Å²) in [6, 6.07) is 0.609. The van der Waals surface area contributed by atoms with Crippen molar-refractivity contribution in [3.8, 4) is 0 Å². The summed E-state index contributed by atoms with van der Waals surface area (Å²) in [5, 5.41) is 17.1. The molecule has 0 aliphatic heterocycles. The topological polar surface area (TPSA) is 114 Å². The number of carboxylic acids is 2. The lowest BCUT2D eigenvalue weighted by Crippen LogP contribution is -2.26. The molecule has 9 heteroatoms. The number of carbonyl (C=O) groups is 3. The minimum Gasteiger partial charge on any atom is -0.480 e. The average molecular weight is 334 g/mol. The van der Waals surface area contributed by atoms with E-state index in [9.17, 15) is 18.8 Å². The second-order valence-electron chi connectivity index (χ2n) is 5.31. The number of hydrogen-bond acceptors (Lipinski definition) is 5. The molecule has 0 aliphatic carbocycles. The highest BCUT2D eigenvalue weighted by atomic mass is 35.5. The third-order valence-electron chi connectivity index (χ3n) is 2.34. The Morgan fingerprint density at radius 1 is 1.27 bits per heavy atom. The number of hydrogen-bond donors (Lipinski definition) is 2. The number of halogens is 2. The summed E-state index contributed by atoms with van der Waals surface area (Å²) in [6.07, 6.45) is 0. The van der Waals surface area contributed by atoms with Crippen LogP contribution in [-0.2, 0) is 14.3 Å². The summed E-state index contributed by atoms with van der Waals surface area (Å²) < 4.78 is 18.9. The number of esters is 1. The van der Waals surface area contributed by atoms with Crippen molar-refractivity contribution >= 4 is 29.5 Å². The van der Waals surface area contributed by atoms with E-state index < -0.39 is 51.7 Å². The van der Waals surface area contributed by atoms with Crippen LogP contribution in [-0.4, -0.2) is 38.7 Å². The van der Waals surface area contributed by atoms with Gasteiger partial charge in [-0.3, -0.25) is 9.59 Å². The van der Waals surface area contributed by atoms with Crippen LogP contribution in [0, 0.1) is 5.82 Å². The van der Waals surface area contributed by atoms with Gasteiger partial charge in [0.1, 0.15) is 22.3 Å². The molecule has 0 saturated carbocycles. The summed E-state index contributed by atoms with van der Waals surface area (Å²) in [4.78, 5) is 37.0. The van der Waals surface area contributed by atoms with Gasteiger partial charge in [0.25, 0.3) is 0 Å². The highest BCUT2D eigenvalue weighted by Gasteiger charge is 2.34. The number of carboxylic acid groups (broad SMARTS) is 2. The number of aromatic nitrogens is 1. The molecule has 22 heavy (non-hydrogen) atoms. The first-order valence-electron chi connectivity index (χ1n) is 5.99. The molecule has 0 aromatic carbocycles. The van der Waals surface area contributed by atoms with Crippen LogP contribution in [0.4, 0.5) is 4.39 Å². The van der Waals surface area contributed by atoms with Gasteiger partial charge < -0.3 is 14.9 Å². The first kappa shape index (κ1) is 17.8. The summed E-state index contributed by atoms with van der Waals surface area (Å²) in [5.74, 6) is -8.08. The van der Waals surface area contributed by atoms with Crippen molar-refractivity contribution in [3.05, 3.63) is 28.3 Å². The van der Waals surface area contributed by atoms with Crippen LogP contribution >= 0.6 is 11.6 Å². The molecule has 0 radical (unpaired) electrons. The number of nitrogens with zero attached hydrogens (tertiary/aromatic N) is 1. The molecule has 0 aliphatic rings. The Kier molecular flexibility index (Phi) is 5.08. The summed E-state index contributed by atoms with van der Waals surface area (Å²) in [7, 11) is 0. The van der Waals surface area contributed by atoms with E-state index >= 15 is 0 Å². The van der Waals surface area contributed by atoms with Crippen LogP contribution in [0.1, 0.15) is 42.7 Å². The molecular formula is C13H13ClFNO6. The number of ether oxygens (including phenoxy) is 1. The lowest BCUT2D eigenvalue weighted by atomic mass is 10.0. The van der Waals surface area contributed by atoms with Crippen LogP contribution in [0.15, 0.2) is 6.07 Å². The zero-order chi connectivity index (χ0) is 17.2. The van der Waals surface area contributed by atoms with Gasteiger partial charge in [0.2, 0.25) is 0 Å². The van der Waals surface area contributed by atoms with Crippen molar-refractivity contribution in [2.24, 2.45) is 0 Å². The van der Waals surface area contributed by atoms with E-state index in [0.717, 1.165) is 0 Å². The van der Waals surface area contributed by atoms with Gasteiger partial charge in [-0.15, -0.1) is 0 Å². The zero-order valence-electron chi connectivity index (χ0n) is 11.9. The van der Waals surface area contributed by atoms with E-state index in [1.165, 1.54) is 0 Å². The van der Waals surface area contributed by atoms with Gasteiger partial charge in [0, 0.05) is 0 Å². The highest BCUT2D eigenvalue weighted by Crippen LogP contribution is 2.25. The molecule has 0 saturated heterocycles. The quantitative estimate of drug-likeness (QED) is 0.492. The second kappa shape index (κ2) is 6.27. The smallest absolute Gasteiger partial charge is 0.341 e. The fourth-order valence-electron chi connectivity index (χ4n) is 1.50. The minimum atomic E-state index is -2.23. The minimum absolute atomic E-state index is 0.424. The first-order valence-corrected chi connectivity index (χ1v) is 6.36. The van der Waals surface area contributed by atoms with Gasteiger partial charge in [0.15, 0.2) is 5.92 Å². The Balaban J connectivity index is 3.31. The van der Waals surface area contributed by atoms with E-state index in [-0.39, 0.29) is 0 Å². The first-order chi connectivity index (χ1) is 9.94. The molecular weight excluding hydrogens is 321 g/mol. The fourth-order valence-corrected chi connectivity index (χ4v) is 1.72. The largest absolute Gasteiger partial charge is 0.480 e. The predicted molar refractivity (Wildman–Crippen MR) is 72.4 cm³/mol. The fraction of sp³-hybridized carbons (Fsp3) is 0.385. The lowest BCUT2D eigenvalue weighted by molar-refractivity contribution is -0.150. The molecule has 120 valence electrons. The van der Waals surface area contributed by atoms with Gasteiger partial charge >= 0.3 is 17.9 Å². The maximum absolute atomic E-state index is 13.9. The predicted octanol–water partition coefficient (Wildman–Crippen LogP) is 2.08. The Labute approximate surface area is 129 Å². The van der Waals surface area contributed by atoms with Crippen LogP contribution in [0.2, 0.25) is 5.15 Å². The molecule has 2 N–H and O–H groups in total. The van der Waals surface area contributed by atoms with Crippen LogP contribution in [0.3, 0.4) is 0 Å². The Bertz CT molecular complexity index is 626. The van der Waals surface area contributed by atoms with Gasteiger partial charge in [-0.05, 0) is 26.8 Å². The molecule has 0 fully saturated rings. The number of pyridine rings is 1. The monoisotopic (exact) mass is 333 g/mol. The number of carbonyl (C=O) groups excluding carboxylic acids is 1. The zero-order valence-corrected chi connectivity index (χ0v) is 12.6. The van der Waals surface area contributed by atoms with Crippen molar-refractivity contribution < 1.29 is 33.7 Å². The SMILES string of the molecule is CC(C)(C)OC(=O)c1cc(F)c(C(C(=O)O)C(=O)O)nc1Cl. The van der Waals surface area contributed by atoms with E-state index in [4.69, 9.17) is 26.6 Å². The molecule has 1 aromatic heterocycles. The Morgan fingerprint density at radius 3 is 2.18 bits per heavy atom. The van der Waals surface area contributed by atoms with Crippen molar-refractivity contribution in [1.29, 1.82) is 0 Å². The van der Waals surface area contributed by atoms with Crippen molar-refractivity contribution in [2.75, 3.05) is 0 Å². The molecule has 1 rings (SSSR count). The summed E-state index contributed by atoms with van der Waals surface area (Å²) in [5.41, 5.74) is -2.18. The third kappa shape index (κ3) is 4.14. The highest BCUT2D eigenvalue weighted by molar-refractivity contribution is 6.32. The van der Waals surface area contributed by atoms with Crippen LogP contribution < -0.4 is 0 Å². The molecule has 0 bridgehead atoms. The van der Waals surface area contributed by atoms with E-state index in [1.54, 1.807) is 20.8 Å². The van der Waals surface area contributed by atoms with Gasteiger partial charge in [0.05, 0.1) is 5.56 Å². The molecule has 0 spiro atoms. The van der Waals surface area contributed by atoms with Gasteiger partial charge in [-0.1, -0.05) is 11.6 Å². The Morgan fingerprint density at radius 2 is 1.77 bits per heavy atom. The average Bonchev–Trinajstić information content (AvgIpc) is 2.29. The molecule has 0 unspecified atom stereocenters. The van der Waals surface area contributed by atoms with E-state index in [1.807, 2.05) is 0 Å². The van der Waals surface area contributed by atoms with Gasteiger partial charge in [-0.25, -0.2) is 14.2 Å². The van der Waals surface area contributed by atoms with Crippen LogP contribution in [0.5, 0.6) is 0 Å². The molecule has 0 atom stereocenters. The molecule has 0 amide bonds. The third-order valence-corrected chi connectivity index (χ3v) is 2.63. The summed E-state index contributed by atoms with van der Waals surface area (Å²) >= 11 is 5.71. The maximum Gasteiger partial charge on any atom is 0.341 e. The van der Waals surface area contributed by atoms with Crippen molar-refractivity contribution in [2.45, 2.75) is 32.3 Å². The van der Waals surface area contributed by atoms with Gasteiger partial charge in [-0.2, -0.15) is 0 Å². The van der Waals surface area contributed by atoms with Crippen LogP contribution in [0.25, 0.3) is 0 Å². The normalized spacial score (nSPS) is 11.4. The molecule has 1 heterocycles. The lowest BCUT2D eigenvalue weighted by Gasteiger charge is -2.20.